The van der Waals surface area contributed by atoms with Gasteiger partial charge in [0, 0.05) is 5.56 Å². The number of carboxylic acid groups (broad SMARTS) is 1. The number of hydrogen-bond donors (Lipinski definition) is 0. The minimum absolute atomic E-state index is 0.118. The van der Waals surface area contributed by atoms with Crippen molar-refractivity contribution in [1.82, 2.24) is 0 Å². The maximum absolute atomic E-state index is 12.4. The van der Waals surface area contributed by atoms with Crippen molar-refractivity contribution in [2.75, 3.05) is 4.90 Å². The third-order valence-electron chi connectivity index (χ3n) is 4.21. The lowest BCUT2D eigenvalue weighted by molar-refractivity contribution is -0.254. The number of rotatable bonds is 2. The van der Waals surface area contributed by atoms with Crippen LogP contribution in [0.2, 0.25) is 0 Å². The van der Waals surface area contributed by atoms with E-state index >= 15 is 0 Å². The first-order valence-electron chi connectivity index (χ1n) is 6.79. The van der Waals surface area contributed by atoms with Crippen LogP contribution in [0.15, 0.2) is 24.3 Å². The van der Waals surface area contributed by atoms with Gasteiger partial charge >= 0.3 is 0 Å². The molecule has 2 fully saturated rings. The SMILES string of the molecule is O=C([O-])c1ccccc1N1C(=O)[C@@H]2CCCC[C@H]2C1=O. The molecule has 1 saturated heterocycles. The Kier molecular flexibility index (Phi) is 3.04. The van der Waals surface area contributed by atoms with Gasteiger partial charge in [0.05, 0.1) is 23.5 Å². The molecule has 0 N–H and O–H groups in total. The van der Waals surface area contributed by atoms with Gasteiger partial charge in [-0.3, -0.25) is 9.59 Å². The molecule has 1 aliphatic heterocycles. The molecule has 1 heterocycles. The summed E-state index contributed by atoms with van der Waals surface area (Å²) in [6.45, 7) is 0. The van der Waals surface area contributed by atoms with Gasteiger partial charge in [-0.2, -0.15) is 0 Å². The third kappa shape index (κ3) is 1.81. The molecule has 20 heavy (non-hydrogen) atoms. The standard InChI is InChI=1S/C15H15NO4/c17-13-9-5-1-2-6-10(9)14(18)16(13)12-8-4-3-7-11(12)15(19)20/h3-4,7-10H,1-2,5-6H2,(H,19,20)/p-1/t9-,10-/m1/s1. The summed E-state index contributed by atoms with van der Waals surface area (Å²) in [5.41, 5.74) is 0.0183. The van der Waals surface area contributed by atoms with Crippen LogP contribution in [0.3, 0.4) is 0 Å². The van der Waals surface area contributed by atoms with Gasteiger partial charge in [0.2, 0.25) is 11.8 Å². The minimum atomic E-state index is -1.38. The normalized spacial score (nSPS) is 25.7. The first-order valence-corrected chi connectivity index (χ1v) is 6.79. The summed E-state index contributed by atoms with van der Waals surface area (Å²) >= 11 is 0. The van der Waals surface area contributed by atoms with Crippen LogP contribution < -0.4 is 10.0 Å². The molecule has 104 valence electrons. The Hall–Kier alpha value is -2.17. The lowest BCUT2D eigenvalue weighted by Crippen LogP contribution is -2.34. The monoisotopic (exact) mass is 272 g/mol. The van der Waals surface area contributed by atoms with Gasteiger partial charge in [0.15, 0.2) is 0 Å². The van der Waals surface area contributed by atoms with Crippen LogP contribution in [0.5, 0.6) is 0 Å². The fourth-order valence-corrected chi connectivity index (χ4v) is 3.24. The largest absolute Gasteiger partial charge is 0.545 e. The van der Waals surface area contributed by atoms with E-state index in [1.807, 2.05) is 0 Å². The highest BCUT2D eigenvalue weighted by Gasteiger charge is 2.49. The van der Waals surface area contributed by atoms with Gasteiger partial charge in [-0.05, 0) is 18.9 Å². The number of hydrogen-bond acceptors (Lipinski definition) is 4. The summed E-state index contributed by atoms with van der Waals surface area (Å²) in [4.78, 5) is 37.0. The van der Waals surface area contributed by atoms with E-state index in [1.54, 1.807) is 12.1 Å². The van der Waals surface area contributed by atoms with E-state index in [4.69, 9.17) is 0 Å². The Morgan fingerprint density at radius 1 is 1.05 bits per heavy atom. The fraction of sp³-hybridized carbons (Fsp3) is 0.400. The van der Waals surface area contributed by atoms with Gasteiger partial charge in [-0.1, -0.05) is 31.0 Å². The van der Waals surface area contributed by atoms with Crippen molar-refractivity contribution in [3.63, 3.8) is 0 Å². The van der Waals surface area contributed by atoms with Crippen molar-refractivity contribution >= 4 is 23.5 Å². The first kappa shape index (κ1) is 12.8. The highest BCUT2D eigenvalue weighted by molar-refractivity contribution is 6.23. The molecule has 5 heteroatoms. The van der Waals surface area contributed by atoms with Crippen molar-refractivity contribution in [3.8, 4) is 0 Å². The summed E-state index contributed by atoms with van der Waals surface area (Å²) in [6.07, 6.45) is 3.30. The van der Waals surface area contributed by atoms with E-state index in [9.17, 15) is 19.5 Å². The highest BCUT2D eigenvalue weighted by atomic mass is 16.4. The van der Waals surface area contributed by atoms with Crippen LogP contribution in [0.4, 0.5) is 5.69 Å². The molecule has 2 atom stereocenters. The Balaban J connectivity index is 2.04. The van der Waals surface area contributed by atoms with E-state index < -0.39 is 5.97 Å². The lowest BCUT2D eigenvalue weighted by Gasteiger charge is -2.19. The van der Waals surface area contributed by atoms with E-state index in [0.717, 1.165) is 17.7 Å². The molecule has 5 nitrogen and oxygen atoms in total. The summed E-state index contributed by atoms with van der Waals surface area (Å²) in [5.74, 6) is -2.49. The maximum Gasteiger partial charge on any atom is 0.237 e. The van der Waals surface area contributed by atoms with Crippen LogP contribution >= 0.6 is 0 Å². The number of fused-ring (bicyclic) bond motifs is 1. The molecule has 2 aliphatic rings. The summed E-state index contributed by atoms with van der Waals surface area (Å²) in [7, 11) is 0. The predicted molar refractivity (Wildman–Crippen MR) is 68.7 cm³/mol. The molecule has 2 amide bonds. The Bertz CT molecular complexity index is 571. The molecule has 1 aliphatic carbocycles. The number of carbonyl (C=O) groups is 3. The molecule has 0 spiro atoms. The van der Waals surface area contributed by atoms with Crippen LogP contribution in [0, 0.1) is 11.8 Å². The molecular weight excluding hydrogens is 258 g/mol. The molecule has 1 aromatic carbocycles. The number of imide groups is 1. The van der Waals surface area contributed by atoms with Crippen LogP contribution in [0.25, 0.3) is 0 Å². The topological polar surface area (TPSA) is 77.5 Å². The maximum atomic E-state index is 12.4. The zero-order valence-electron chi connectivity index (χ0n) is 10.9. The third-order valence-corrected chi connectivity index (χ3v) is 4.21. The summed E-state index contributed by atoms with van der Waals surface area (Å²) in [6, 6.07) is 6.00. The molecular formula is C15H14NO4-. The summed E-state index contributed by atoms with van der Waals surface area (Å²) in [5, 5.41) is 11.1. The fourth-order valence-electron chi connectivity index (χ4n) is 3.24. The number of carboxylic acids is 1. The molecule has 3 rings (SSSR count). The number of amides is 2. The van der Waals surface area contributed by atoms with E-state index in [2.05, 4.69) is 0 Å². The van der Waals surface area contributed by atoms with E-state index in [0.29, 0.717) is 12.8 Å². The average molecular weight is 272 g/mol. The quantitative estimate of drug-likeness (QED) is 0.744. The Morgan fingerprint density at radius 2 is 1.60 bits per heavy atom. The second kappa shape index (κ2) is 4.74. The molecule has 0 unspecified atom stereocenters. The Labute approximate surface area is 116 Å². The zero-order valence-corrected chi connectivity index (χ0v) is 10.9. The predicted octanol–water partition coefficient (Wildman–Crippen LogP) is 0.730. The Morgan fingerprint density at radius 3 is 2.15 bits per heavy atom. The number of nitrogens with zero attached hydrogens (tertiary/aromatic N) is 1. The van der Waals surface area contributed by atoms with E-state index in [-0.39, 0.29) is 34.9 Å². The number of anilines is 1. The second-order valence-corrected chi connectivity index (χ2v) is 5.31. The first-order chi connectivity index (χ1) is 9.61. The van der Waals surface area contributed by atoms with Gasteiger partial charge in [0.1, 0.15) is 0 Å². The molecule has 0 bridgehead atoms. The number of carbonyl (C=O) groups excluding carboxylic acids is 3. The smallest absolute Gasteiger partial charge is 0.237 e. The molecule has 1 aromatic rings. The lowest BCUT2D eigenvalue weighted by atomic mass is 9.81. The summed E-state index contributed by atoms with van der Waals surface area (Å²) < 4.78 is 0. The molecule has 0 radical (unpaired) electrons. The van der Waals surface area contributed by atoms with Crippen LogP contribution in [0.1, 0.15) is 36.0 Å². The van der Waals surface area contributed by atoms with Crippen LogP contribution in [-0.4, -0.2) is 17.8 Å². The highest BCUT2D eigenvalue weighted by Crippen LogP contribution is 2.40. The van der Waals surface area contributed by atoms with Gasteiger partial charge < -0.3 is 9.90 Å². The van der Waals surface area contributed by atoms with Crippen molar-refractivity contribution < 1.29 is 19.5 Å². The second-order valence-electron chi connectivity index (χ2n) is 5.31. The van der Waals surface area contributed by atoms with Crippen molar-refractivity contribution in [3.05, 3.63) is 29.8 Å². The molecule has 1 saturated carbocycles. The minimum Gasteiger partial charge on any atom is -0.545 e. The number of benzene rings is 1. The van der Waals surface area contributed by atoms with Gasteiger partial charge in [0.25, 0.3) is 0 Å². The van der Waals surface area contributed by atoms with Crippen molar-refractivity contribution in [2.24, 2.45) is 11.8 Å². The van der Waals surface area contributed by atoms with Crippen molar-refractivity contribution in [1.29, 1.82) is 0 Å². The number of aromatic carboxylic acids is 1. The zero-order chi connectivity index (χ0) is 14.3. The van der Waals surface area contributed by atoms with Gasteiger partial charge in [-0.25, -0.2) is 4.90 Å². The van der Waals surface area contributed by atoms with Gasteiger partial charge in [-0.15, -0.1) is 0 Å². The molecule has 0 aromatic heterocycles. The average Bonchev–Trinajstić information content (AvgIpc) is 2.71. The van der Waals surface area contributed by atoms with E-state index in [1.165, 1.54) is 12.1 Å². The van der Waals surface area contributed by atoms with Crippen LogP contribution in [-0.2, 0) is 9.59 Å². The number of para-hydroxylation sites is 1. The van der Waals surface area contributed by atoms with Crippen molar-refractivity contribution in [2.45, 2.75) is 25.7 Å².